The standard InChI is InChI=1S/C27H22N4O5/c1-27(2)20-11-9-16(13-18(20)25(33)30(3)26(27)34)28-23(15-7-5-4-6-8-15)22-19-14-17(31(35)36)10-12-21(19)29-24(22)32/h4-14,29,32H,1-3H3. The smallest absolute Gasteiger partial charge is 0.270 e. The highest BCUT2D eigenvalue weighted by Gasteiger charge is 2.42. The molecule has 0 fully saturated rings. The Labute approximate surface area is 205 Å². The van der Waals surface area contributed by atoms with Crippen LogP contribution in [0.25, 0.3) is 10.9 Å². The van der Waals surface area contributed by atoms with E-state index in [0.29, 0.717) is 44.6 Å². The molecule has 1 aromatic heterocycles. The molecule has 0 radical (unpaired) electrons. The number of imide groups is 1. The van der Waals surface area contributed by atoms with Crippen LogP contribution in [0.5, 0.6) is 5.88 Å². The molecule has 0 atom stereocenters. The first-order chi connectivity index (χ1) is 17.1. The molecule has 0 aliphatic carbocycles. The molecule has 9 heteroatoms. The van der Waals surface area contributed by atoms with Gasteiger partial charge in [-0.05, 0) is 37.6 Å². The number of carbonyl (C=O) groups excluding carboxylic acids is 2. The first-order valence-electron chi connectivity index (χ1n) is 11.2. The van der Waals surface area contributed by atoms with Gasteiger partial charge in [-0.15, -0.1) is 0 Å². The summed E-state index contributed by atoms with van der Waals surface area (Å²) < 4.78 is 0. The number of nitro benzene ring substituents is 1. The van der Waals surface area contributed by atoms with Crippen molar-refractivity contribution in [3.8, 4) is 5.88 Å². The van der Waals surface area contributed by atoms with E-state index in [1.54, 1.807) is 32.0 Å². The molecular formula is C27H22N4O5. The number of amides is 2. The molecule has 1 aliphatic rings. The van der Waals surface area contributed by atoms with Crippen LogP contribution in [0.15, 0.2) is 71.7 Å². The Bertz CT molecular complexity index is 1600. The second kappa shape index (κ2) is 8.16. The number of nitrogens with zero attached hydrogens (tertiary/aromatic N) is 3. The number of nitro groups is 1. The maximum Gasteiger partial charge on any atom is 0.270 e. The van der Waals surface area contributed by atoms with Crippen molar-refractivity contribution in [2.75, 3.05) is 7.05 Å². The number of hydrogen-bond donors (Lipinski definition) is 2. The number of rotatable bonds is 4. The zero-order chi connectivity index (χ0) is 25.8. The highest BCUT2D eigenvalue weighted by Crippen LogP contribution is 2.37. The molecular weight excluding hydrogens is 460 g/mol. The molecule has 2 amide bonds. The maximum absolute atomic E-state index is 12.9. The molecule has 36 heavy (non-hydrogen) atoms. The van der Waals surface area contributed by atoms with E-state index in [4.69, 9.17) is 4.99 Å². The Kier molecular flexibility index (Phi) is 5.21. The van der Waals surface area contributed by atoms with Crippen molar-refractivity contribution in [3.63, 3.8) is 0 Å². The van der Waals surface area contributed by atoms with E-state index in [1.165, 1.54) is 25.2 Å². The number of non-ortho nitro benzene ring substituents is 1. The minimum Gasteiger partial charge on any atom is -0.494 e. The maximum atomic E-state index is 12.9. The second-order valence-electron chi connectivity index (χ2n) is 9.19. The number of fused-ring (bicyclic) bond motifs is 2. The molecule has 0 saturated heterocycles. The third kappa shape index (κ3) is 3.52. The topological polar surface area (TPSA) is 129 Å². The Morgan fingerprint density at radius 3 is 2.47 bits per heavy atom. The number of likely N-dealkylation sites (N-methyl/N-ethyl adjacent to an activating group) is 1. The normalized spacial score (nSPS) is 15.3. The fourth-order valence-corrected chi connectivity index (χ4v) is 4.64. The van der Waals surface area contributed by atoms with Gasteiger partial charge in [-0.3, -0.25) is 24.6 Å². The zero-order valence-corrected chi connectivity index (χ0v) is 19.8. The van der Waals surface area contributed by atoms with Gasteiger partial charge in [0.05, 0.1) is 27.3 Å². The van der Waals surface area contributed by atoms with Gasteiger partial charge in [0.15, 0.2) is 5.88 Å². The second-order valence-corrected chi connectivity index (χ2v) is 9.19. The van der Waals surface area contributed by atoms with Gasteiger partial charge < -0.3 is 10.1 Å². The lowest BCUT2D eigenvalue weighted by Gasteiger charge is -2.35. The fraction of sp³-hybridized carbons (Fsp3) is 0.148. The van der Waals surface area contributed by atoms with Crippen LogP contribution in [0.2, 0.25) is 0 Å². The van der Waals surface area contributed by atoms with Gasteiger partial charge in [-0.1, -0.05) is 36.4 Å². The lowest BCUT2D eigenvalue weighted by Crippen LogP contribution is -2.49. The number of benzene rings is 3. The van der Waals surface area contributed by atoms with Crippen LogP contribution >= 0.6 is 0 Å². The molecule has 2 N–H and O–H groups in total. The van der Waals surface area contributed by atoms with Gasteiger partial charge in [0, 0.05) is 41.2 Å². The minimum atomic E-state index is -0.878. The number of carbonyl (C=O) groups is 2. The predicted octanol–water partition coefficient (Wildman–Crippen LogP) is 4.84. The molecule has 0 saturated carbocycles. The minimum absolute atomic E-state index is 0.121. The SMILES string of the molecule is CN1C(=O)c2cc(N=C(c3ccccc3)c3c(O)[nH]c4ccc([N+](=O)[O-])cc34)ccc2C(C)(C)C1=O. The number of aromatic nitrogens is 1. The third-order valence-corrected chi connectivity index (χ3v) is 6.55. The molecule has 0 bridgehead atoms. The van der Waals surface area contributed by atoms with Crippen LogP contribution in [-0.2, 0) is 10.2 Å². The van der Waals surface area contributed by atoms with Crippen molar-refractivity contribution >= 4 is 39.8 Å². The molecule has 0 spiro atoms. The predicted molar refractivity (Wildman–Crippen MR) is 135 cm³/mol. The first kappa shape index (κ1) is 23.0. The van der Waals surface area contributed by atoms with Crippen molar-refractivity contribution in [1.82, 2.24) is 9.88 Å². The highest BCUT2D eigenvalue weighted by molar-refractivity contribution is 6.22. The molecule has 9 nitrogen and oxygen atoms in total. The summed E-state index contributed by atoms with van der Waals surface area (Å²) in [5.41, 5.74) is 2.26. The van der Waals surface area contributed by atoms with E-state index in [2.05, 4.69) is 4.98 Å². The van der Waals surface area contributed by atoms with Crippen molar-refractivity contribution in [2.24, 2.45) is 4.99 Å². The summed E-state index contributed by atoms with van der Waals surface area (Å²) in [4.78, 5) is 45.3. The number of aliphatic imine (C=N–C) groups is 1. The Morgan fingerprint density at radius 1 is 1.06 bits per heavy atom. The largest absolute Gasteiger partial charge is 0.494 e. The number of H-pyrrole nitrogens is 1. The van der Waals surface area contributed by atoms with Crippen LogP contribution in [0, 0.1) is 10.1 Å². The fourth-order valence-electron chi connectivity index (χ4n) is 4.64. The summed E-state index contributed by atoms with van der Waals surface area (Å²) >= 11 is 0. The Hall–Kier alpha value is -4.79. The number of aromatic amines is 1. The summed E-state index contributed by atoms with van der Waals surface area (Å²) in [6.07, 6.45) is 0. The van der Waals surface area contributed by atoms with Crippen molar-refractivity contribution in [3.05, 3.63) is 99.1 Å². The molecule has 0 unspecified atom stereocenters. The van der Waals surface area contributed by atoms with Gasteiger partial charge in [-0.2, -0.15) is 0 Å². The zero-order valence-electron chi connectivity index (χ0n) is 19.8. The Morgan fingerprint density at radius 2 is 1.78 bits per heavy atom. The molecule has 2 heterocycles. The van der Waals surface area contributed by atoms with Gasteiger partial charge >= 0.3 is 0 Å². The van der Waals surface area contributed by atoms with Gasteiger partial charge in [0.2, 0.25) is 5.91 Å². The lowest BCUT2D eigenvalue weighted by molar-refractivity contribution is -0.384. The molecule has 1 aliphatic heterocycles. The summed E-state index contributed by atoms with van der Waals surface area (Å²) in [7, 11) is 1.46. The first-order valence-corrected chi connectivity index (χ1v) is 11.2. The lowest BCUT2D eigenvalue weighted by atomic mass is 9.77. The van der Waals surface area contributed by atoms with E-state index in [1.807, 2.05) is 30.3 Å². The Balaban J connectivity index is 1.75. The van der Waals surface area contributed by atoms with E-state index in [0.717, 1.165) is 4.90 Å². The summed E-state index contributed by atoms with van der Waals surface area (Å²) in [5.74, 6) is -0.890. The average Bonchev–Trinajstić information content (AvgIpc) is 3.20. The number of hydrogen-bond acceptors (Lipinski definition) is 6. The van der Waals surface area contributed by atoms with E-state index in [-0.39, 0.29) is 17.5 Å². The van der Waals surface area contributed by atoms with Crippen LogP contribution in [0.4, 0.5) is 11.4 Å². The highest BCUT2D eigenvalue weighted by atomic mass is 16.6. The van der Waals surface area contributed by atoms with Gasteiger partial charge in [-0.25, -0.2) is 4.99 Å². The van der Waals surface area contributed by atoms with Crippen LogP contribution in [0.1, 0.15) is 40.9 Å². The molecule has 5 rings (SSSR count). The van der Waals surface area contributed by atoms with Crippen molar-refractivity contribution in [2.45, 2.75) is 19.3 Å². The van der Waals surface area contributed by atoms with Crippen molar-refractivity contribution in [1.29, 1.82) is 0 Å². The van der Waals surface area contributed by atoms with Gasteiger partial charge in [0.1, 0.15) is 0 Å². The quantitative estimate of drug-likeness (QED) is 0.186. The van der Waals surface area contributed by atoms with Gasteiger partial charge in [0.25, 0.3) is 11.6 Å². The molecule has 3 aromatic carbocycles. The molecule has 180 valence electrons. The third-order valence-electron chi connectivity index (χ3n) is 6.55. The average molecular weight is 482 g/mol. The van der Waals surface area contributed by atoms with Crippen LogP contribution in [0.3, 0.4) is 0 Å². The van der Waals surface area contributed by atoms with Crippen LogP contribution in [-0.4, -0.2) is 44.5 Å². The number of aromatic hydroxyl groups is 1. The summed E-state index contributed by atoms with van der Waals surface area (Å²) in [6.45, 7) is 3.54. The van der Waals surface area contributed by atoms with E-state index < -0.39 is 16.2 Å². The van der Waals surface area contributed by atoms with E-state index in [9.17, 15) is 24.8 Å². The van der Waals surface area contributed by atoms with Crippen LogP contribution < -0.4 is 0 Å². The van der Waals surface area contributed by atoms with Crippen molar-refractivity contribution < 1.29 is 19.6 Å². The monoisotopic (exact) mass is 482 g/mol. The molecule has 4 aromatic rings. The number of nitrogens with one attached hydrogen (secondary N) is 1. The summed E-state index contributed by atoms with van der Waals surface area (Å²) in [6, 6.07) is 18.4. The summed E-state index contributed by atoms with van der Waals surface area (Å²) in [5, 5.41) is 22.7. The van der Waals surface area contributed by atoms with E-state index >= 15 is 0 Å².